The summed E-state index contributed by atoms with van der Waals surface area (Å²) >= 11 is 5.58. The first-order valence-electron chi connectivity index (χ1n) is 7.04. The lowest BCUT2D eigenvalue weighted by Gasteiger charge is -2.37. The van der Waals surface area contributed by atoms with Crippen LogP contribution in [0.3, 0.4) is 0 Å². The lowest BCUT2D eigenvalue weighted by molar-refractivity contribution is -0.135. The smallest absolute Gasteiger partial charge is 0.224 e. The molecule has 0 aliphatic carbocycles. The molecular formula is C16H20ClNO2. The van der Waals surface area contributed by atoms with Crippen LogP contribution in [0, 0.1) is 5.92 Å². The molecule has 0 saturated heterocycles. The fourth-order valence-electron chi connectivity index (χ4n) is 2.79. The summed E-state index contributed by atoms with van der Waals surface area (Å²) in [6.07, 6.45) is 1.53. The lowest BCUT2D eigenvalue weighted by atomic mass is 9.90. The number of fused-ring (bicyclic) bond motifs is 1. The Hall–Kier alpha value is -1.35. The minimum Gasteiger partial charge on any atom is -0.335 e. The molecule has 0 fully saturated rings. The molecule has 2 rings (SSSR count). The SMILES string of the molecule is CC(C)CC(=O)N1CCc2ccccc2C1CC(=O)Cl. The molecule has 0 aromatic heterocycles. The van der Waals surface area contributed by atoms with E-state index in [0.717, 1.165) is 12.0 Å². The largest absolute Gasteiger partial charge is 0.335 e. The van der Waals surface area contributed by atoms with Crippen molar-refractivity contribution in [3.05, 3.63) is 35.4 Å². The molecule has 1 aromatic carbocycles. The van der Waals surface area contributed by atoms with Gasteiger partial charge in [-0.1, -0.05) is 38.1 Å². The number of nitrogens with zero attached hydrogens (tertiary/aromatic N) is 1. The van der Waals surface area contributed by atoms with Crippen molar-refractivity contribution < 1.29 is 9.59 Å². The molecule has 1 amide bonds. The second-order valence-electron chi connectivity index (χ2n) is 5.71. The summed E-state index contributed by atoms with van der Waals surface area (Å²) in [4.78, 5) is 25.5. The highest BCUT2D eigenvalue weighted by atomic mass is 35.5. The molecule has 108 valence electrons. The van der Waals surface area contributed by atoms with E-state index in [2.05, 4.69) is 6.07 Å². The zero-order valence-electron chi connectivity index (χ0n) is 11.9. The van der Waals surface area contributed by atoms with Crippen molar-refractivity contribution in [1.29, 1.82) is 0 Å². The van der Waals surface area contributed by atoms with Crippen molar-refractivity contribution in [2.45, 2.75) is 39.2 Å². The lowest BCUT2D eigenvalue weighted by Crippen LogP contribution is -2.41. The summed E-state index contributed by atoms with van der Waals surface area (Å²) in [5.41, 5.74) is 2.27. The summed E-state index contributed by atoms with van der Waals surface area (Å²) in [6, 6.07) is 7.78. The number of hydrogen-bond acceptors (Lipinski definition) is 2. The highest BCUT2D eigenvalue weighted by Gasteiger charge is 2.31. The summed E-state index contributed by atoms with van der Waals surface area (Å²) in [6.45, 7) is 4.71. The molecule has 1 heterocycles. The van der Waals surface area contributed by atoms with Gasteiger partial charge in [-0.2, -0.15) is 0 Å². The van der Waals surface area contributed by atoms with Crippen molar-refractivity contribution in [1.82, 2.24) is 4.90 Å². The first-order valence-corrected chi connectivity index (χ1v) is 7.42. The predicted octanol–water partition coefficient (Wildman–Crippen LogP) is 3.31. The number of benzene rings is 1. The van der Waals surface area contributed by atoms with Crippen molar-refractivity contribution in [3.8, 4) is 0 Å². The minimum absolute atomic E-state index is 0.109. The Bertz CT molecular complexity index is 513. The monoisotopic (exact) mass is 293 g/mol. The van der Waals surface area contributed by atoms with E-state index >= 15 is 0 Å². The van der Waals surface area contributed by atoms with Crippen molar-refractivity contribution in [2.24, 2.45) is 5.92 Å². The van der Waals surface area contributed by atoms with Gasteiger partial charge in [-0.15, -0.1) is 0 Å². The number of rotatable bonds is 4. The van der Waals surface area contributed by atoms with Crippen molar-refractivity contribution in [3.63, 3.8) is 0 Å². The number of halogens is 1. The highest BCUT2D eigenvalue weighted by molar-refractivity contribution is 6.63. The van der Waals surface area contributed by atoms with E-state index in [0.29, 0.717) is 18.9 Å². The van der Waals surface area contributed by atoms with Crippen LogP contribution in [0.15, 0.2) is 24.3 Å². The molecule has 3 nitrogen and oxygen atoms in total. The van der Waals surface area contributed by atoms with Crippen LogP contribution >= 0.6 is 11.6 Å². The van der Waals surface area contributed by atoms with Gasteiger partial charge < -0.3 is 4.90 Å². The minimum atomic E-state index is -0.394. The van der Waals surface area contributed by atoms with Crippen molar-refractivity contribution in [2.75, 3.05) is 6.54 Å². The van der Waals surface area contributed by atoms with E-state index in [1.54, 1.807) is 0 Å². The van der Waals surface area contributed by atoms with E-state index in [9.17, 15) is 9.59 Å². The highest BCUT2D eigenvalue weighted by Crippen LogP contribution is 2.33. The molecule has 1 aliphatic heterocycles. The zero-order chi connectivity index (χ0) is 14.7. The summed E-state index contributed by atoms with van der Waals surface area (Å²) in [5, 5.41) is -0.394. The normalized spacial score (nSPS) is 18.0. The van der Waals surface area contributed by atoms with Gasteiger partial charge in [0.25, 0.3) is 0 Å². The van der Waals surface area contributed by atoms with Gasteiger partial charge in [-0.3, -0.25) is 9.59 Å². The molecule has 0 radical (unpaired) electrons. The van der Waals surface area contributed by atoms with E-state index in [4.69, 9.17) is 11.6 Å². The molecule has 1 aliphatic rings. The van der Waals surface area contributed by atoms with Crippen molar-refractivity contribution >= 4 is 22.8 Å². The quantitative estimate of drug-likeness (QED) is 0.799. The molecule has 0 bridgehead atoms. The summed E-state index contributed by atoms with van der Waals surface area (Å²) < 4.78 is 0. The number of hydrogen-bond donors (Lipinski definition) is 0. The molecule has 4 heteroatoms. The van der Waals surface area contributed by atoms with Crippen LogP contribution < -0.4 is 0 Å². The molecule has 20 heavy (non-hydrogen) atoms. The second kappa shape index (κ2) is 6.40. The fraction of sp³-hybridized carbons (Fsp3) is 0.500. The van der Waals surface area contributed by atoms with Crippen LogP contribution in [0.1, 0.15) is 43.9 Å². The molecule has 0 saturated carbocycles. The van der Waals surface area contributed by atoms with Crippen LogP contribution in [0.5, 0.6) is 0 Å². The van der Waals surface area contributed by atoms with Crippen LogP contribution in [0.25, 0.3) is 0 Å². The Morgan fingerprint density at radius 2 is 2.05 bits per heavy atom. The Kier molecular flexibility index (Phi) is 4.81. The van der Waals surface area contributed by atoms with Gasteiger partial charge in [-0.25, -0.2) is 0 Å². The van der Waals surface area contributed by atoms with E-state index in [1.807, 2.05) is 36.9 Å². The third-order valence-corrected chi connectivity index (χ3v) is 3.82. The average Bonchev–Trinajstić information content (AvgIpc) is 2.37. The second-order valence-corrected chi connectivity index (χ2v) is 6.13. The third kappa shape index (κ3) is 3.40. The average molecular weight is 294 g/mol. The van der Waals surface area contributed by atoms with Crippen LogP contribution in [0.4, 0.5) is 0 Å². The topological polar surface area (TPSA) is 37.4 Å². The van der Waals surface area contributed by atoms with Crippen LogP contribution in [-0.2, 0) is 16.0 Å². The third-order valence-electron chi connectivity index (χ3n) is 3.67. The van der Waals surface area contributed by atoms with Gasteiger partial charge in [0, 0.05) is 19.4 Å². The van der Waals surface area contributed by atoms with Gasteiger partial charge in [0.15, 0.2) is 0 Å². The summed E-state index contributed by atoms with van der Waals surface area (Å²) in [5.74, 6) is 0.421. The maximum absolute atomic E-state index is 12.4. The molecule has 1 aromatic rings. The van der Waals surface area contributed by atoms with E-state index < -0.39 is 5.24 Å². The maximum atomic E-state index is 12.4. The van der Waals surface area contributed by atoms with E-state index in [-0.39, 0.29) is 18.4 Å². The maximum Gasteiger partial charge on any atom is 0.224 e. The first-order chi connectivity index (χ1) is 9.49. The van der Waals surface area contributed by atoms with Crippen LogP contribution in [-0.4, -0.2) is 22.6 Å². The molecule has 0 spiro atoms. The molecular weight excluding hydrogens is 274 g/mol. The molecule has 0 N–H and O–H groups in total. The van der Waals surface area contributed by atoms with Gasteiger partial charge >= 0.3 is 0 Å². The van der Waals surface area contributed by atoms with Crippen LogP contribution in [0.2, 0.25) is 0 Å². The first kappa shape index (κ1) is 15.0. The standard InChI is InChI=1S/C16H20ClNO2/c1-11(2)9-16(20)18-8-7-12-5-3-4-6-13(12)14(18)10-15(17)19/h3-6,11,14H,7-10H2,1-2H3. The molecule has 1 atom stereocenters. The number of carbonyl (C=O) groups excluding carboxylic acids is 2. The van der Waals surface area contributed by atoms with Gasteiger partial charge in [0.05, 0.1) is 6.04 Å². The summed E-state index contributed by atoms with van der Waals surface area (Å²) in [7, 11) is 0. The number of carbonyl (C=O) groups is 2. The Morgan fingerprint density at radius 1 is 1.35 bits per heavy atom. The fourth-order valence-corrected chi connectivity index (χ4v) is 2.93. The Balaban J connectivity index is 2.29. The van der Waals surface area contributed by atoms with Gasteiger partial charge in [0.1, 0.15) is 0 Å². The predicted molar refractivity (Wildman–Crippen MR) is 79.5 cm³/mol. The number of amides is 1. The Labute approximate surface area is 124 Å². The zero-order valence-corrected chi connectivity index (χ0v) is 12.7. The Morgan fingerprint density at radius 3 is 2.70 bits per heavy atom. The molecule has 1 unspecified atom stereocenters. The van der Waals surface area contributed by atoms with Gasteiger partial charge in [-0.05, 0) is 35.1 Å². The van der Waals surface area contributed by atoms with Gasteiger partial charge in [0.2, 0.25) is 11.1 Å². The van der Waals surface area contributed by atoms with E-state index in [1.165, 1.54) is 5.56 Å².